The zero-order valence-electron chi connectivity index (χ0n) is 9.92. The van der Waals surface area contributed by atoms with E-state index in [1.165, 1.54) is 13.0 Å². The van der Waals surface area contributed by atoms with Crippen LogP contribution in [0.1, 0.15) is 12.5 Å². The minimum Gasteiger partial charge on any atom is -0.479 e. The Morgan fingerprint density at radius 1 is 1.47 bits per heavy atom. The molecule has 0 amide bonds. The first kappa shape index (κ1) is 14.7. The van der Waals surface area contributed by atoms with Crippen LogP contribution in [0.5, 0.6) is 5.75 Å². The van der Waals surface area contributed by atoms with Crippen LogP contribution in [-0.2, 0) is 4.79 Å². The highest BCUT2D eigenvalue weighted by atomic mass is 79.9. The number of nitrogens with zero attached hydrogens (tertiary/aromatic N) is 2. The van der Waals surface area contributed by atoms with Gasteiger partial charge in [-0.2, -0.15) is 10.5 Å². The number of benzene rings is 1. The molecule has 0 saturated carbocycles. The standard InChI is InChI=1S/C13H9BrN2O3/c1-8(13(17)18)19-12-3-2-9(5-11(12)14)4-10(6-15)7-16/h2-5,8H,1H3,(H,17,18). The van der Waals surface area contributed by atoms with Gasteiger partial charge in [0, 0.05) is 0 Å². The first-order chi connectivity index (χ1) is 8.97. The molecule has 0 spiro atoms. The fourth-order valence-electron chi connectivity index (χ4n) is 1.20. The summed E-state index contributed by atoms with van der Waals surface area (Å²) in [7, 11) is 0. The quantitative estimate of drug-likeness (QED) is 0.861. The van der Waals surface area contributed by atoms with E-state index in [1.54, 1.807) is 30.3 Å². The lowest BCUT2D eigenvalue weighted by Crippen LogP contribution is -2.23. The van der Waals surface area contributed by atoms with E-state index >= 15 is 0 Å². The Morgan fingerprint density at radius 2 is 2.11 bits per heavy atom. The van der Waals surface area contributed by atoms with Gasteiger partial charge in [0.25, 0.3) is 0 Å². The van der Waals surface area contributed by atoms with Crippen molar-refractivity contribution in [2.24, 2.45) is 0 Å². The van der Waals surface area contributed by atoms with E-state index < -0.39 is 12.1 Å². The fraction of sp³-hybridized carbons (Fsp3) is 0.154. The first-order valence-electron chi connectivity index (χ1n) is 5.19. The van der Waals surface area contributed by atoms with Crippen molar-refractivity contribution in [3.05, 3.63) is 33.8 Å². The molecule has 6 heteroatoms. The molecule has 0 radical (unpaired) electrons. The Bertz CT molecular complexity index is 595. The number of allylic oxidation sites excluding steroid dienone is 1. The van der Waals surface area contributed by atoms with Gasteiger partial charge in [0.2, 0.25) is 0 Å². The molecular formula is C13H9BrN2O3. The lowest BCUT2D eigenvalue weighted by molar-refractivity contribution is -0.144. The van der Waals surface area contributed by atoms with Crippen molar-refractivity contribution < 1.29 is 14.6 Å². The summed E-state index contributed by atoms with van der Waals surface area (Å²) in [5, 5.41) is 26.0. The van der Waals surface area contributed by atoms with Crippen LogP contribution >= 0.6 is 15.9 Å². The molecule has 1 rings (SSSR count). The highest BCUT2D eigenvalue weighted by Crippen LogP contribution is 2.27. The summed E-state index contributed by atoms with van der Waals surface area (Å²) in [5.41, 5.74) is 0.625. The van der Waals surface area contributed by atoms with Gasteiger partial charge in [0.05, 0.1) is 4.47 Å². The van der Waals surface area contributed by atoms with E-state index in [9.17, 15) is 4.79 Å². The second-order valence-electron chi connectivity index (χ2n) is 3.57. The second-order valence-corrected chi connectivity index (χ2v) is 4.42. The molecule has 0 aliphatic rings. The predicted octanol–water partition coefficient (Wildman–Crippen LogP) is 2.73. The zero-order valence-corrected chi connectivity index (χ0v) is 11.5. The average molecular weight is 321 g/mol. The van der Waals surface area contributed by atoms with E-state index in [1.807, 2.05) is 0 Å². The molecule has 0 heterocycles. The summed E-state index contributed by atoms with van der Waals surface area (Å²) in [6.07, 6.45) is 0.460. The van der Waals surface area contributed by atoms with Gasteiger partial charge in [-0.25, -0.2) is 4.79 Å². The number of carboxylic acid groups (broad SMARTS) is 1. The molecule has 1 aromatic rings. The number of hydrogen-bond donors (Lipinski definition) is 1. The maximum absolute atomic E-state index is 10.7. The maximum Gasteiger partial charge on any atom is 0.344 e. The molecule has 19 heavy (non-hydrogen) atoms. The summed E-state index contributed by atoms with van der Waals surface area (Å²) < 4.78 is 5.77. The minimum absolute atomic E-state index is 0.0144. The Labute approximate surface area is 118 Å². The summed E-state index contributed by atoms with van der Waals surface area (Å²) >= 11 is 3.25. The van der Waals surface area contributed by atoms with Gasteiger partial charge in [-0.05, 0) is 46.6 Å². The summed E-state index contributed by atoms with van der Waals surface area (Å²) in [4.78, 5) is 10.7. The van der Waals surface area contributed by atoms with E-state index in [-0.39, 0.29) is 5.57 Å². The Kier molecular flexibility index (Phi) is 5.11. The van der Waals surface area contributed by atoms with Crippen LogP contribution in [0.4, 0.5) is 0 Å². The molecule has 0 aliphatic heterocycles. The predicted molar refractivity (Wildman–Crippen MR) is 71.1 cm³/mol. The normalized spacial score (nSPS) is 10.7. The molecule has 1 N–H and O–H groups in total. The summed E-state index contributed by atoms with van der Waals surface area (Å²) in [6, 6.07) is 8.35. The lowest BCUT2D eigenvalue weighted by Gasteiger charge is -2.12. The number of nitriles is 2. The first-order valence-corrected chi connectivity index (χ1v) is 5.98. The van der Waals surface area contributed by atoms with Crippen LogP contribution in [0.25, 0.3) is 6.08 Å². The highest BCUT2D eigenvalue weighted by Gasteiger charge is 2.14. The molecule has 0 bridgehead atoms. The average Bonchev–Trinajstić information content (AvgIpc) is 2.38. The number of carbonyl (C=O) groups is 1. The topological polar surface area (TPSA) is 94.1 Å². The van der Waals surface area contributed by atoms with Crippen LogP contribution < -0.4 is 4.74 Å². The Balaban J connectivity index is 3.00. The SMILES string of the molecule is CC(Oc1ccc(C=C(C#N)C#N)cc1Br)C(=O)O. The second kappa shape index (κ2) is 6.58. The van der Waals surface area contributed by atoms with Crippen molar-refractivity contribution in [1.82, 2.24) is 0 Å². The highest BCUT2D eigenvalue weighted by molar-refractivity contribution is 9.10. The molecule has 1 aromatic carbocycles. The van der Waals surface area contributed by atoms with Gasteiger partial charge >= 0.3 is 5.97 Å². The molecular weight excluding hydrogens is 312 g/mol. The fourth-order valence-corrected chi connectivity index (χ4v) is 1.69. The van der Waals surface area contributed by atoms with Gasteiger partial charge in [-0.3, -0.25) is 0 Å². The molecule has 0 saturated heterocycles. The van der Waals surface area contributed by atoms with Gasteiger partial charge < -0.3 is 9.84 Å². The third kappa shape index (κ3) is 4.13. The van der Waals surface area contributed by atoms with Gasteiger partial charge in [-0.1, -0.05) is 6.07 Å². The summed E-state index contributed by atoms with van der Waals surface area (Å²) in [6.45, 7) is 1.42. The number of rotatable bonds is 4. The number of aliphatic carboxylic acids is 1. The van der Waals surface area contributed by atoms with E-state index in [0.29, 0.717) is 15.8 Å². The Hall–Kier alpha value is -2.31. The lowest BCUT2D eigenvalue weighted by atomic mass is 10.1. The van der Waals surface area contributed by atoms with Gasteiger partial charge in [-0.15, -0.1) is 0 Å². The van der Waals surface area contributed by atoms with Gasteiger partial charge in [0.1, 0.15) is 23.5 Å². The Morgan fingerprint density at radius 3 is 2.58 bits per heavy atom. The molecule has 0 aliphatic carbocycles. The largest absolute Gasteiger partial charge is 0.479 e. The number of carboxylic acids is 1. The van der Waals surface area contributed by atoms with Crippen LogP contribution in [0.2, 0.25) is 0 Å². The monoisotopic (exact) mass is 320 g/mol. The zero-order chi connectivity index (χ0) is 14.4. The van der Waals surface area contributed by atoms with Crippen LogP contribution in [0, 0.1) is 22.7 Å². The number of ether oxygens (including phenoxy) is 1. The van der Waals surface area contributed by atoms with Gasteiger partial charge in [0.15, 0.2) is 6.10 Å². The molecule has 5 nitrogen and oxygen atoms in total. The molecule has 0 fully saturated rings. The van der Waals surface area contributed by atoms with E-state index in [0.717, 1.165) is 0 Å². The van der Waals surface area contributed by atoms with Crippen LogP contribution in [-0.4, -0.2) is 17.2 Å². The van der Waals surface area contributed by atoms with Crippen molar-refractivity contribution in [2.45, 2.75) is 13.0 Å². The van der Waals surface area contributed by atoms with Crippen molar-refractivity contribution in [2.75, 3.05) is 0 Å². The third-order valence-corrected chi connectivity index (χ3v) is 2.78. The molecule has 1 atom stereocenters. The maximum atomic E-state index is 10.7. The van der Waals surface area contributed by atoms with Crippen LogP contribution in [0.3, 0.4) is 0 Å². The molecule has 96 valence electrons. The van der Waals surface area contributed by atoms with Crippen molar-refractivity contribution in [1.29, 1.82) is 10.5 Å². The molecule has 1 unspecified atom stereocenters. The smallest absolute Gasteiger partial charge is 0.344 e. The van der Waals surface area contributed by atoms with E-state index in [2.05, 4.69) is 15.9 Å². The summed E-state index contributed by atoms with van der Waals surface area (Å²) in [5.74, 6) is -0.686. The van der Waals surface area contributed by atoms with Crippen molar-refractivity contribution >= 4 is 28.0 Å². The number of halogens is 1. The number of hydrogen-bond acceptors (Lipinski definition) is 4. The minimum atomic E-state index is -1.06. The van der Waals surface area contributed by atoms with Crippen molar-refractivity contribution in [3.63, 3.8) is 0 Å². The third-order valence-electron chi connectivity index (χ3n) is 2.16. The van der Waals surface area contributed by atoms with Crippen molar-refractivity contribution in [3.8, 4) is 17.9 Å². The van der Waals surface area contributed by atoms with E-state index in [4.69, 9.17) is 20.4 Å². The van der Waals surface area contributed by atoms with Crippen LogP contribution in [0.15, 0.2) is 28.2 Å². The molecule has 0 aromatic heterocycles.